The van der Waals surface area contributed by atoms with Crippen molar-refractivity contribution >= 4 is 79.2 Å². The van der Waals surface area contributed by atoms with Crippen LogP contribution >= 0.6 is 59.9 Å². The van der Waals surface area contributed by atoms with Crippen LogP contribution in [0, 0.1) is 11.8 Å². The van der Waals surface area contributed by atoms with E-state index in [4.69, 9.17) is 78.4 Å². The third kappa shape index (κ3) is 27.8. The predicted molar refractivity (Wildman–Crippen MR) is 336 cm³/mol. The second kappa shape index (κ2) is 48.7. The van der Waals surface area contributed by atoms with Gasteiger partial charge in [0.1, 0.15) is 116 Å². The van der Waals surface area contributed by atoms with Crippen LogP contribution in [-0.2, 0) is 85.6 Å². The van der Waals surface area contributed by atoms with Gasteiger partial charge in [0.2, 0.25) is 12.6 Å². The molecule has 32 atom stereocenters. The Hall–Kier alpha value is -1.36. The number of carbonyl (C=O) groups excluding carboxylic acids is 3. The van der Waals surface area contributed by atoms with E-state index in [0.717, 1.165) is 0 Å². The molecule has 98 heavy (non-hydrogen) atoms. The minimum absolute atomic E-state index is 0. The zero-order valence-corrected chi connectivity index (χ0v) is 58.5. The van der Waals surface area contributed by atoms with Gasteiger partial charge >= 0.3 is 64.9 Å². The fourth-order valence-electron chi connectivity index (χ4n) is 9.49. The maximum atomic E-state index is 10.9. The molecule has 0 aromatic heterocycles. The summed E-state index contributed by atoms with van der Waals surface area (Å²) in [5.41, 5.74) is 20.8. The van der Waals surface area contributed by atoms with Gasteiger partial charge in [-0.3, -0.25) is 9.59 Å². The summed E-state index contributed by atoms with van der Waals surface area (Å²) in [5, 5.41) is 213. The molecule has 6 rings (SSSR count). The molecule has 6 fully saturated rings. The van der Waals surface area contributed by atoms with Gasteiger partial charge in [-0.2, -0.15) is 0 Å². The van der Waals surface area contributed by atoms with Crippen LogP contribution in [0.5, 0.6) is 0 Å². The average Bonchev–Trinajstić information content (AvgIpc) is 0.803. The van der Waals surface area contributed by atoms with Crippen LogP contribution in [-0.4, -0.2) is 392 Å². The molecule has 6 aliphatic heterocycles. The molecule has 49 heteroatoms. The molecular formula is C49H88I3N8O37V. The molecule has 0 saturated carbocycles. The van der Waals surface area contributed by atoms with Crippen LogP contribution in [0.1, 0.15) is 7.43 Å². The molecule has 572 valence electrons. The van der Waals surface area contributed by atoms with Crippen LogP contribution in [0.2, 0.25) is 0 Å². The molecule has 23 N–H and O–H groups in total. The van der Waals surface area contributed by atoms with Crippen molar-refractivity contribution in [1.82, 2.24) is 5.32 Å². The molecule has 45 nitrogen and oxygen atoms in total. The van der Waals surface area contributed by atoms with Crippen molar-refractivity contribution in [2.75, 3.05) is 85.6 Å². The number of carbonyl (C=O) groups is 3. The number of aliphatic hydroxyl groups is 20. The molecular weight excluding hydrogens is 1720 g/mol. The minimum Gasteiger partial charge on any atom is -0.437 e. The van der Waals surface area contributed by atoms with Gasteiger partial charge in [0, 0.05) is 36.0 Å². The molecule has 16 unspecified atom stereocenters. The van der Waals surface area contributed by atoms with E-state index in [9.17, 15) is 117 Å². The van der Waals surface area contributed by atoms with Gasteiger partial charge in [0.25, 0.3) is 12.9 Å². The first-order valence-electron chi connectivity index (χ1n) is 29.0. The number of nitrogens with zero attached hydrogens (tertiary/aromatic N) is 6. The Labute approximate surface area is 594 Å². The summed E-state index contributed by atoms with van der Waals surface area (Å²) in [7, 11) is 0. The second-order valence-electron chi connectivity index (χ2n) is 21.3. The first-order valence-corrected chi connectivity index (χ1v) is 42.5. The van der Waals surface area contributed by atoms with E-state index in [0.29, 0.717) is 13.1 Å². The first kappa shape index (κ1) is 92.7. The Balaban J connectivity index is 0.000000582. The van der Waals surface area contributed by atoms with E-state index < -0.39 is 249 Å². The van der Waals surface area contributed by atoms with Crippen molar-refractivity contribution in [3.63, 3.8) is 0 Å². The van der Waals surface area contributed by atoms with Crippen LogP contribution in [0.3, 0.4) is 0 Å². The first-order chi connectivity index (χ1) is 46.1. The number of ether oxygens (including phenoxy) is 14. The number of azide groups is 2. The van der Waals surface area contributed by atoms with Crippen LogP contribution < -0.4 is 11.1 Å². The molecule has 6 aliphatic rings. The zero-order chi connectivity index (χ0) is 72.8. The quantitative estimate of drug-likeness (QED) is 0.00743. The predicted octanol–water partition coefficient (Wildman–Crippen LogP) is -11.0. The van der Waals surface area contributed by atoms with E-state index in [-0.39, 0.29) is 51.2 Å². The molecule has 0 aromatic rings. The smallest absolute Gasteiger partial charge is 0.295 e. The maximum absolute atomic E-state index is 10.9. The Morgan fingerprint density at radius 2 is 0.908 bits per heavy atom. The number of nitrogens with two attached hydrogens (primary N) is 1. The summed E-state index contributed by atoms with van der Waals surface area (Å²) in [6.45, 7) is -4.30. The second-order valence-corrected chi connectivity index (χ2v) is 56.7. The normalized spacial score (nSPS) is 38.1. The molecule has 0 amide bonds. The minimum atomic E-state index is -1.92. The van der Waals surface area contributed by atoms with Crippen LogP contribution in [0.25, 0.3) is 20.9 Å². The summed E-state index contributed by atoms with van der Waals surface area (Å²) in [5.74, 6) is -2.50. The van der Waals surface area contributed by atoms with Crippen molar-refractivity contribution in [2.24, 2.45) is 27.8 Å². The molecule has 0 aromatic carbocycles. The van der Waals surface area contributed by atoms with Gasteiger partial charge in [0.05, 0.1) is 83.0 Å². The summed E-state index contributed by atoms with van der Waals surface area (Å²) < 4.78 is 74.7. The van der Waals surface area contributed by atoms with Crippen LogP contribution in [0.15, 0.2) is 10.2 Å². The molecule has 0 bridgehead atoms. The van der Waals surface area contributed by atoms with E-state index in [1.807, 2.05) is 0 Å². The topological polar surface area (TPSA) is 721 Å². The van der Waals surface area contributed by atoms with E-state index >= 15 is 0 Å². The number of aliphatic hydroxyl groups excluding tert-OH is 20. The van der Waals surface area contributed by atoms with Gasteiger partial charge in [-0.25, -0.2) is 0 Å². The van der Waals surface area contributed by atoms with Gasteiger partial charge in [-0.15, -0.1) is 0 Å². The fraction of sp³-hybridized carbons (Fsp3) is 0.939. The van der Waals surface area contributed by atoms with Crippen molar-refractivity contribution in [3.8, 4) is 0 Å². The largest absolute Gasteiger partial charge is 0.437 e. The number of rotatable bonds is 32. The number of halogens is 3. The Bertz CT molecular complexity index is 2320. The zero-order valence-electron chi connectivity index (χ0n) is 50.6. The Kier molecular flexibility index (Phi) is 46.1. The number of hydrogen-bond donors (Lipinski definition) is 22. The molecule has 6 saturated heterocycles. The standard InChI is InChI=1S/C24H42N4O18.C22H36O19.C2H6N4.CH4.3HI.V/c25-28-27-2-1-26-3-10(32)15(35)12(5-30)43-22-19(39)17(37)13(7-41-22)44-24-20(16(36)11(33)6-40-24)45-23-18(38)14(34)9(4-29)21(46-23)42-8-31;23-1-7-12(29)16(33)21(41-19(7)37-6-26)40-18-14(31)9(28)4-35-22(18)39-11-5-36-20(17(34)15(11)32)38-10(3-25)13(30)8(27)2-24;3-1-2-5-6-4;;;;;/h8-24,26,29-30,32-39H,1-7H2;2,6-23,25,27-34H,1,3-5H2;1-3H2;1H4;3*1H;/q;;;;;;;+3/p-3/t9-,10?,11+,12?,13+,14-,15?,16?,17-,18?,19?,20?,21?,22-,23-,24-;7-,8?,9+,10?,11+,12-,13?,14?,15-,16?,17?,18?,19?,20-,21-,22-;;;;;;/m00....../s1. The molecule has 6 heterocycles. The van der Waals surface area contributed by atoms with Gasteiger partial charge < -0.3 is 184 Å². The molecule has 0 aliphatic carbocycles. The molecule has 0 spiro atoms. The SMILES string of the molecule is C.O=COC1O[C@H](OC2C(O)[C@H](O)CO[C@H]2O[C@@H]2CO[C@@H](OC(CO)C(O)C(O)C=O)C(O)[C@H]2O)C(O)[C@@H](O)[C@@H]1CO.[I][V]([I])[I].[N-]=[N+]=NCCN.[N-]=[N+]=NCCNCC(O)C(O)C(CO)O[C@@H]1OC[C@@H](O[C@@H]2OC[C@@H](O)C(O)C2O[C@H]2OC(OC=O)[C@@H](CO)[C@H](O)C2O)[C@H](O)C1O. The number of hydrogen-bond acceptors (Lipinski definition) is 41. The third-order valence-corrected chi connectivity index (χ3v) is 14.8. The monoisotopic (exact) mass is 1810 g/mol. The average molecular weight is 1810 g/mol. The van der Waals surface area contributed by atoms with Crippen LogP contribution in [0.4, 0.5) is 0 Å². The van der Waals surface area contributed by atoms with Crippen molar-refractivity contribution in [2.45, 2.75) is 192 Å². The summed E-state index contributed by atoms with van der Waals surface area (Å²) in [6, 6.07) is 0. The maximum Gasteiger partial charge on any atom is 0.295 e. The Morgan fingerprint density at radius 3 is 1.26 bits per heavy atom. The molecule has 0 radical (unpaired) electrons. The van der Waals surface area contributed by atoms with Crippen molar-refractivity contribution < 1.29 is 188 Å². The van der Waals surface area contributed by atoms with E-state index in [1.54, 1.807) is 0 Å². The van der Waals surface area contributed by atoms with Gasteiger partial charge in [0.15, 0.2) is 44.0 Å². The fourth-order valence-corrected chi connectivity index (χ4v) is 9.49. The van der Waals surface area contributed by atoms with Gasteiger partial charge in [-0.1, -0.05) is 17.7 Å². The van der Waals surface area contributed by atoms with Gasteiger partial charge in [-0.05, 0) is 17.6 Å². The summed E-state index contributed by atoms with van der Waals surface area (Å²) >= 11 is 7.39. The van der Waals surface area contributed by atoms with Crippen molar-refractivity contribution in [3.05, 3.63) is 20.9 Å². The third-order valence-electron chi connectivity index (χ3n) is 14.8. The van der Waals surface area contributed by atoms with E-state index in [2.05, 4.69) is 90.0 Å². The van der Waals surface area contributed by atoms with Crippen molar-refractivity contribution in [1.29, 1.82) is 0 Å². The summed E-state index contributed by atoms with van der Waals surface area (Å²) in [6.07, 6.45) is -50.4. The van der Waals surface area contributed by atoms with E-state index in [1.165, 1.54) is 0 Å². The summed E-state index contributed by atoms with van der Waals surface area (Å²) in [4.78, 5) is 37.2. The number of aldehydes is 1. The number of nitrogens with one attached hydrogen (secondary N) is 1. The Morgan fingerprint density at radius 1 is 0.531 bits per heavy atom.